The zero-order chi connectivity index (χ0) is 14.3. The van der Waals surface area contributed by atoms with E-state index in [9.17, 15) is 4.79 Å². The Morgan fingerprint density at radius 2 is 2.32 bits per heavy atom. The summed E-state index contributed by atoms with van der Waals surface area (Å²) in [6.07, 6.45) is 4.46. The van der Waals surface area contributed by atoms with Gasteiger partial charge in [-0.15, -0.1) is 6.42 Å². The molecule has 1 rings (SSSR count). The number of terminal acetylenes is 1. The number of hydrogen-bond donors (Lipinski definition) is 2. The molecular weight excluding hydrogens is 264 g/mol. The van der Waals surface area contributed by atoms with E-state index < -0.39 is 6.10 Å². The molecule has 2 N–H and O–H groups in total. The molecule has 0 fully saturated rings. The van der Waals surface area contributed by atoms with Crippen LogP contribution in [0.5, 0.6) is 5.75 Å². The third-order valence-electron chi connectivity index (χ3n) is 2.43. The minimum absolute atomic E-state index is 0.191. The van der Waals surface area contributed by atoms with Crippen molar-refractivity contribution >= 4 is 17.5 Å². The van der Waals surface area contributed by atoms with Crippen LogP contribution in [0.4, 0.5) is 0 Å². The van der Waals surface area contributed by atoms with Crippen LogP contribution in [0.3, 0.4) is 0 Å². The van der Waals surface area contributed by atoms with Crippen LogP contribution in [0, 0.1) is 12.3 Å². The molecule has 0 heterocycles. The fourth-order valence-electron chi connectivity index (χ4n) is 1.52. The highest BCUT2D eigenvalue weighted by molar-refractivity contribution is 6.30. The van der Waals surface area contributed by atoms with Crippen LogP contribution in [0.15, 0.2) is 18.2 Å². The van der Waals surface area contributed by atoms with Gasteiger partial charge in [-0.1, -0.05) is 17.5 Å². The Balaban J connectivity index is 2.75. The Labute approximate surface area is 118 Å². The number of halogens is 1. The molecule has 102 valence electrons. The first-order valence-corrected chi connectivity index (χ1v) is 6.27. The van der Waals surface area contributed by atoms with Crippen LogP contribution < -0.4 is 15.4 Å². The summed E-state index contributed by atoms with van der Waals surface area (Å²) in [5.74, 6) is 2.72. The molecule has 0 saturated heterocycles. The van der Waals surface area contributed by atoms with Gasteiger partial charge in [0, 0.05) is 17.1 Å². The number of nitrogens with one attached hydrogen (secondary N) is 2. The molecule has 0 radical (unpaired) electrons. The van der Waals surface area contributed by atoms with E-state index in [2.05, 4.69) is 16.6 Å². The molecule has 0 saturated carbocycles. The minimum atomic E-state index is -0.620. The van der Waals surface area contributed by atoms with E-state index in [0.717, 1.165) is 5.56 Å². The molecule has 0 bridgehead atoms. The van der Waals surface area contributed by atoms with Crippen molar-refractivity contribution in [2.45, 2.75) is 19.6 Å². The van der Waals surface area contributed by atoms with Crippen molar-refractivity contribution in [3.8, 4) is 18.1 Å². The Kier molecular flexibility index (Phi) is 6.20. The van der Waals surface area contributed by atoms with Crippen LogP contribution in [0.2, 0.25) is 5.02 Å². The van der Waals surface area contributed by atoms with Crippen LogP contribution in [-0.2, 0) is 11.3 Å². The van der Waals surface area contributed by atoms with Crippen LogP contribution >= 0.6 is 11.6 Å². The largest absolute Gasteiger partial charge is 0.481 e. The molecule has 0 aliphatic carbocycles. The van der Waals surface area contributed by atoms with Gasteiger partial charge in [0.05, 0.1) is 6.54 Å². The predicted octanol–water partition coefficient (Wildman–Crippen LogP) is 1.58. The number of ether oxygens (including phenoxy) is 1. The fraction of sp³-hybridized carbons (Fsp3) is 0.357. The van der Waals surface area contributed by atoms with Gasteiger partial charge < -0.3 is 15.4 Å². The van der Waals surface area contributed by atoms with Crippen molar-refractivity contribution in [3.05, 3.63) is 28.8 Å². The number of benzene rings is 1. The maximum absolute atomic E-state index is 11.7. The molecule has 19 heavy (non-hydrogen) atoms. The lowest BCUT2D eigenvalue weighted by Crippen LogP contribution is -2.36. The Morgan fingerprint density at radius 3 is 2.95 bits per heavy atom. The Bertz CT molecular complexity index is 483. The topological polar surface area (TPSA) is 50.4 Å². The van der Waals surface area contributed by atoms with Crippen LogP contribution in [-0.4, -0.2) is 25.6 Å². The molecule has 1 atom stereocenters. The maximum atomic E-state index is 11.7. The summed E-state index contributed by atoms with van der Waals surface area (Å²) < 4.78 is 5.63. The van der Waals surface area contributed by atoms with Gasteiger partial charge in [-0.25, -0.2) is 0 Å². The summed E-state index contributed by atoms with van der Waals surface area (Å²) in [5.41, 5.74) is 0.895. The first kappa shape index (κ1) is 15.4. The number of rotatable bonds is 6. The predicted molar refractivity (Wildman–Crippen MR) is 76.1 cm³/mol. The van der Waals surface area contributed by atoms with Crippen molar-refractivity contribution < 1.29 is 9.53 Å². The zero-order valence-corrected chi connectivity index (χ0v) is 11.8. The summed E-state index contributed by atoms with van der Waals surface area (Å²) in [6.45, 7) is 2.47. The summed E-state index contributed by atoms with van der Waals surface area (Å²) in [4.78, 5) is 11.7. The lowest BCUT2D eigenvalue weighted by atomic mass is 10.2. The Hall–Kier alpha value is -1.70. The second kappa shape index (κ2) is 7.67. The van der Waals surface area contributed by atoms with Crippen molar-refractivity contribution in [1.82, 2.24) is 10.6 Å². The van der Waals surface area contributed by atoms with Crippen molar-refractivity contribution in [1.29, 1.82) is 0 Å². The summed E-state index contributed by atoms with van der Waals surface area (Å²) in [6, 6.07) is 5.28. The molecule has 0 aromatic heterocycles. The molecule has 1 amide bonds. The smallest absolute Gasteiger partial charge is 0.261 e. The van der Waals surface area contributed by atoms with Crippen molar-refractivity contribution in [2.75, 3.05) is 13.6 Å². The highest BCUT2D eigenvalue weighted by Gasteiger charge is 2.15. The molecule has 1 aromatic rings. The molecule has 1 aromatic carbocycles. The van der Waals surface area contributed by atoms with E-state index >= 15 is 0 Å². The van der Waals surface area contributed by atoms with Gasteiger partial charge in [-0.05, 0) is 32.2 Å². The lowest BCUT2D eigenvalue weighted by Gasteiger charge is -2.17. The first-order valence-electron chi connectivity index (χ1n) is 5.89. The van der Waals surface area contributed by atoms with E-state index in [1.54, 1.807) is 25.1 Å². The maximum Gasteiger partial charge on any atom is 0.261 e. The van der Waals surface area contributed by atoms with Crippen LogP contribution in [0.1, 0.15) is 12.5 Å². The van der Waals surface area contributed by atoms with E-state index in [-0.39, 0.29) is 12.5 Å². The minimum Gasteiger partial charge on any atom is -0.481 e. The van der Waals surface area contributed by atoms with Gasteiger partial charge >= 0.3 is 0 Å². The standard InChI is InChI=1S/C14H17ClN2O2/c1-4-7-17-14(18)10(2)19-13-6-5-12(15)8-11(13)9-16-3/h1,5-6,8,10,16H,7,9H2,2-3H3,(H,17,18). The van der Waals surface area contributed by atoms with Gasteiger partial charge in [0.1, 0.15) is 5.75 Å². The monoisotopic (exact) mass is 280 g/mol. The molecule has 0 aliphatic rings. The third kappa shape index (κ3) is 4.82. The average Bonchev–Trinajstić information content (AvgIpc) is 2.39. The number of hydrogen-bond acceptors (Lipinski definition) is 3. The van der Waals surface area contributed by atoms with Crippen molar-refractivity contribution in [2.24, 2.45) is 0 Å². The SMILES string of the molecule is C#CCNC(=O)C(C)Oc1ccc(Cl)cc1CNC. The van der Waals surface area contributed by atoms with Gasteiger partial charge in [0.15, 0.2) is 6.10 Å². The highest BCUT2D eigenvalue weighted by atomic mass is 35.5. The summed E-state index contributed by atoms with van der Waals surface area (Å²) in [7, 11) is 1.83. The van der Waals surface area contributed by atoms with Crippen LogP contribution in [0.25, 0.3) is 0 Å². The fourth-order valence-corrected chi connectivity index (χ4v) is 1.71. The quantitative estimate of drug-likeness (QED) is 0.778. The average molecular weight is 281 g/mol. The number of carbonyl (C=O) groups excluding carboxylic acids is 1. The number of carbonyl (C=O) groups is 1. The molecule has 5 heteroatoms. The normalized spacial score (nSPS) is 11.5. The molecular formula is C14H17ClN2O2. The van der Waals surface area contributed by atoms with Gasteiger partial charge in [0.2, 0.25) is 0 Å². The molecule has 4 nitrogen and oxygen atoms in total. The van der Waals surface area contributed by atoms with Gasteiger partial charge in [-0.2, -0.15) is 0 Å². The lowest BCUT2D eigenvalue weighted by molar-refractivity contribution is -0.127. The molecule has 1 unspecified atom stereocenters. The summed E-state index contributed by atoms with van der Waals surface area (Å²) >= 11 is 5.94. The Morgan fingerprint density at radius 1 is 1.58 bits per heavy atom. The van der Waals surface area contributed by atoms with E-state index in [1.807, 2.05) is 7.05 Å². The van der Waals surface area contributed by atoms with E-state index in [0.29, 0.717) is 17.3 Å². The molecule has 0 spiro atoms. The first-order chi connectivity index (χ1) is 9.08. The second-order valence-electron chi connectivity index (χ2n) is 3.96. The van der Waals surface area contributed by atoms with E-state index in [1.165, 1.54) is 0 Å². The molecule has 0 aliphatic heterocycles. The zero-order valence-electron chi connectivity index (χ0n) is 11.0. The second-order valence-corrected chi connectivity index (χ2v) is 4.40. The van der Waals surface area contributed by atoms with Crippen molar-refractivity contribution in [3.63, 3.8) is 0 Å². The van der Waals surface area contributed by atoms with E-state index in [4.69, 9.17) is 22.8 Å². The third-order valence-corrected chi connectivity index (χ3v) is 2.66. The van der Waals surface area contributed by atoms with Gasteiger partial charge in [0.25, 0.3) is 5.91 Å². The summed E-state index contributed by atoms with van der Waals surface area (Å²) in [5, 5.41) is 6.22. The number of amides is 1. The highest BCUT2D eigenvalue weighted by Crippen LogP contribution is 2.23. The van der Waals surface area contributed by atoms with Gasteiger partial charge in [-0.3, -0.25) is 4.79 Å².